The summed E-state index contributed by atoms with van der Waals surface area (Å²) >= 11 is 0. The van der Waals surface area contributed by atoms with Gasteiger partial charge in [0.15, 0.2) is 0 Å². The summed E-state index contributed by atoms with van der Waals surface area (Å²) in [5.41, 5.74) is 0.890. The first-order valence-corrected chi connectivity index (χ1v) is 8.88. The Morgan fingerprint density at radius 3 is 2.69 bits per heavy atom. The Morgan fingerprint density at radius 1 is 1.31 bits per heavy atom. The Labute approximate surface area is 154 Å². The second kappa shape index (κ2) is 9.99. The first kappa shape index (κ1) is 20.0. The summed E-state index contributed by atoms with van der Waals surface area (Å²) < 4.78 is 0. The maximum absolute atomic E-state index is 12.2. The van der Waals surface area contributed by atoms with Gasteiger partial charge in [-0.2, -0.15) is 0 Å². The van der Waals surface area contributed by atoms with Crippen molar-refractivity contribution in [2.75, 3.05) is 13.1 Å². The van der Waals surface area contributed by atoms with Crippen LogP contribution in [0.5, 0.6) is 0 Å². The molecule has 0 bridgehead atoms. The van der Waals surface area contributed by atoms with Gasteiger partial charge in [-0.15, -0.1) is 0 Å². The van der Waals surface area contributed by atoms with Gasteiger partial charge in [0, 0.05) is 19.1 Å². The van der Waals surface area contributed by atoms with E-state index in [0.29, 0.717) is 19.5 Å². The fourth-order valence-electron chi connectivity index (χ4n) is 3.15. The number of rotatable bonds is 7. The van der Waals surface area contributed by atoms with Crippen molar-refractivity contribution < 1.29 is 19.6 Å². The second-order valence-corrected chi connectivity index (χ2v) is 6.45. The Kier molecular flexibility index (Phi) is 7.68. The molecule has 0 aliphatic carbocycles. The molecule has 3 amide bonds. The first-order chi connectivity index (χ1) is 12.5. The molecule has 1 fully saturated rings. The number of carbonyl (C=O) groups is 2. The Bertz CT molecular complexity index is 612. The van der Waals surface area contributed by atoms with E-state index in [1.807, 2.05) is 30.3 Å². The van der Waals surface area contributed by atoms with E-state index in [1.165, 1.54) is 6.08 Å². The van der Waals surface area contributed by atoms with Gasteiger partial charge < -0.3 is 25.6 Å². The topological polar surface area (TPSA) is 102 Å². The summed E-state index contributed by atoms with van der Waals surface area (Å²) in [5.74, 6) is -0.959. The summed E-state index contributed by atoms with van der Waals surface area (Å²) in [6, 6.07) is 8.72. The van der Waals surface area contributed by atoms with Crippen LogP contribution in [0.1, 0.15) is 24.8 Å². The lowest BCUT2D eigenvalue weighted by Gasteiger charge is -2.35. The highest BCUT2D eigenvalue weighted by molar-refractivity contribution is 6.43. The highest BCUT2D eigenvalue weighted by atomic mass is 16.4. The Morgan fingerprint density at radius 2 is 2.04 bits per heavy atom. The van der Waals surface area contributed by atoms with Crippen LogP contribution in [0.3, 0.4) is 0 Å². The molecule has 1 saturated heterocycles. The average molecular weight is 359 g/mol. The van der Waals surface area contributed by atoms with Crippen molar-refractivity contribution in [3.8, 4) is 0 Å². The van der Waals surface area contributed by atoms with Crippen LogP contribution in [0.15, 0.2) is 43.0 Å². The van der Waals surface area contributed by atoms with Crippen LogP contribution in [-0.2, 0) is 11.2 Å². The summed E-state index contributed by atoms with van der Waals surface area (Å²) in [7, 11) is -1.67. The highest BCUT2D eigenvalue weighted by Gasteiger charge is 2.28. The van der Waals surface area contributed by atoms with E-state index in [1.54, 1.807) is 4.90 Å². The molecular formula is C18H26BN3O4. The molecule has 0 radical (unpaired) electrons. The Balaban J connectivity index is 1.87. The number of carbonyl (C=O) groups excluding carboxylic acids is 2. The second-order valence-electron chi connectivity index (χ2n) is 6.45. The van der Waals surface area contributed by atoms with Gasteiger partial charge in [-0.05, 0) is 37.3 Å². The van der Waals surface area contributed by atoms with E-state index >= 15 is 0 Å². The normalized spacial score (nSPS) is 17.9. The van der Waals surface area contributed by atoms with E-state index in [2.05, 4.69) is 17.2 Å². The molecule has 1 aliphatic heterocycles. The lowest BCUT2D eigenvalue weighted by atomic mass is 9.76. The quantitative estimate of drug-likeness (QED) is 0.420. The third kappa shape index (κ3) is 5.89. The van der Waals surface area contributed by atoms with E-state index in [9.17, 15) is 19.6 Å². The van der Waals surface area contributed by atoms with Gasteiger partial charge in [-0.25, -0.2) is 4.79 Å². The van der Waals surface area contributed by atoms with Crippen molar-refractivity contribution in [3.05, 3.63) is 48.6 Å². The molecule has 4 N–H and O–H groups in total. The standard InChI is InChI=1S/C18H26BN3O4/c1-2-17(23)22-11-7-6-10-15(22)13-20-18(24)21-16(19(25)26)12-14-8-4-3-5-9-14/h2-5,8-9,15-16,25-26H,1,6-7,10-13H2,(H2,20,21,24)/t15-,16-/m0/s1. The van der Waals surface area contributed by atoms with Crippen molar-refractivity contribution >= 4 is 19.1 Å². The summed E-state index contributed by atoms with van der Waals surface area (Å²) in [5, 5.41) is 24.4. The molecular weight excluding hydrogens is 333 g/mol. The molecule has 7 nitrogen and oxygen atoms in total. The largest absolute Gasteiger partial charge is 0.475 e. The van der Waals surface area contributed by atoms with Gasteiger partial charge in [-0.1, -0.05) is 36.9 Å². The van der Waals surface area contributed by atoms with Crippen LogP contribution in [0.2, 0.25) is 0 Å². The number of hydrogen-bond acceptors (Lipinski definition) is 4. The van der Waals surface area contributed by atoms with E-state index in [4.69, 9.17) is 0 Å². The van der Waals surface area contributed by atoms with Gasteiger partial charge in [0.1, 0.15) is 0 Å². The van der Waals surface area contributed by atoms with Crippen LogP contribution in [0.25, 0.3) is 0 Å². The molecule has 1 heterocycles. The number of nitrogens with one attached hydrogen (secondary N) is 2. The molecule has 0 unspecified atom stereocenters. The SMILES string of the molecule is C=CC(=O)N1CCCC[C@H]1CNC(=O)N[C@@H](Cc1ccccc1)B(O)O. The lowest BCUT2D eigenvalue weighted by molar-refractivity contribution is -0.129. The van der Waals surface area contributed by atoms with Gasteiger partial charge in [0.25, 0.3) is 0 Å². The third-order valence-electron chi connectivity index (χ3n) is 4.56. The summed E-state index contributed by atoms with van der Waals surface area (Å²) in [6.07, 6.45) is 4.35. The van der Waals surface area contributed by atoms with E-state index < -0.39 is 19.1 Å². The Hall–Kier alpha value is -2.32. The van der Waals surface area contributed by atoms with Crippen LogP contribution in [0, 0.1) is 0 Å². The van der Waals surface area contributed by atoms with Crippen LogP contribution in [0.4, 0.5) is 4.79 Å². The minimum absolute atomic E-state index is 0.0772. The fourth-order valence-corrected chi connectivity index (χ4v) is 3.15. The summed E-state index contributed by atoms with van der Waals surface area (Å²) in [4.78, 5) is 25.8. The number of piperidine rings is 1. The van der Waals surface area contributed by atoms with Gasteiger partial charge in [0.2, 0.25) is 5.91 Å². The molecule has 0 aromatic heterocycles. The molecule has 26 heavy (non-hydrogen) atoms. The molecule has 0 spiro atoms. The number of nitrogens with zero attached hydrogens (tertiary/aromatic N) is 1. The van der Waals surface area contributed by atoms with Gasteiger partial charge in [-0.3, -0.25) is 4.79 Å². The number of urea groups is 1. The monoisotopic (exact) mass is 359 g/mol. The van der Waals surface area contributed by atoms with Crippen LogP contribution in [-0.4, -0.2) is 59.1 Å². The zero-order chi connectivity index (χ0) is 18.9. The molecule has 8 heteroatoms. The molecule has 2 atom stereocenters. The van der Waals surface area contributed by atoms with Crippen molar-refractivity contribution in [1.82, 2.24) is 15.5 Å². The van der Waals surface area contributed by atoms with E-state index in [-0.39, 0.29) is 11.9 Å². The van der Waals surface area contributed by atoms with Gasteiger partial charge in [0.05, 0.1) is 5.94 Å². The van der Waals surface area contributed by atoms with Crippen LogP contribution < -0.4 is 10.6 Å². The van der Waals surface area contributed by atoms with Crippen molar-refractivity contribution in [3.63, 3.8) is 0 Å². The number of benzene rings is 1. The lowest BCUT2D eigenvalue weighted by Crippen LogP contribution is -2.54. The number of amides is 3. The van der Waals surface area contributed by atoms with Crippen molar-refractivity contribution in [2.24, 2.45) is 0 Å². The molecule has 1 aromatic rings. The maximum Gasteiger partial charge on any atom is 0.475 e. The minimum Gasteiger partial charge on any atom is -0.426 e. The smallest absolute Gasteiger partial charge is 0.426 e. The maximum atomic E-state index is 12.2. The zero-order valence-corrected chi connectivity index (χ0v) is 14.8. The summed E-state index contributed by atoms with van der Waals surface area (Å²) in [6.45, 7) is 4.49. The van der Waals surface area contributed by atoms with Gasteiger partial charge >= 0.3 is 13.1 Å². The minimum atomic E-state index is -1.67. The first-order valence-electron chi connectivity index (χ1n) is 8.88. The third-order valence-corrected chi connectivity index (χ3v) is 4.56. The molecule has 1 aromatic carbocycles. The fraction of sp³-hybridized carbons (Fsp3) is 0.444. The number of likely N-dealkylation sites (tertiary alicyclic amines) is 1. The molecule has 0 saturated carbocycles. The molecule has 140 valence electrons. The number of hydrogen-bond donors (Lipinski definition) is 4. The predicted octanol–water partition coefficient (Wildman–Crippen LogP) is 0.476. The van der Waals surface area contributed by atoms with Crippen LogP contribution >= 0.6 is 0 Å². The van der Waals surface area contributed by atoms with E-state index in [0.717, 1.165) is 24.8 Å². The zero-order valence-electron chi connectivity index (χ0n) is 14.8. The molecule has 2 rings (SSSR count). The highest BCUT2D eigenvalue weighted by Crippen LogP contribution is 2.16. The van der Waals surface area contributed by atoms with Crippen molar-refractivity contribution in [1.29, 1.82) is 0 Å². The average Bonchev–Trinajstić information content (AvgIpc) is 2.66. The molecule has 1 aliphatic rings. The van der Waals surface area contributed by atoms with Crippen molar-refractivity contribution in [2.45, 2.75) is 37.7 Å². The predicted molar refractivity (Wildman–Crippen MR) is 100 cm³/mol.